The van der Waals surface area contributed by atoms with Crippen molar-refractivity contribution in [1.29, 1.82) is 0 Å². The molecule has 0 radical (unpaired) electrons. The van der Waals surface area contributed by atoms with Gasteiger partial charge in [-0.05, 0) is 37.1 Å². The number of benzene rings is 1. The van der Waals surface area contributed by atoms with Crippen LogP contribution in [0.3, 0.4) is 0 Å². The molecule has 0 unspecified atom stereocenters. The van der Waals surface area contributed by atoms with E-state index in [2.05, 4.69) is 10.3 Å². The zero-order valence-corrected chi connectivity index (χ0v) is 19.4. The number of rotatable bonds is 4. The number of fused-ring (bicyclic) bond motifs is 3. The number of halogens is 1. The third kappa shape index (κ3) is 3.98. The number of piperidine rings is 1. The first-order chi connectivity index (χ1) is 14.9. The number of nitrogens with one attached hydrogen (secondary N) is 1. The lowest BCUT2D eigenvalue weighted by Gasteiger charge is -2.29. The van der Waals surface area contributed by atoms with Crippen LogP contribution in [0.15, 0.2) is 40.6 Å². The molecule has 0 bridgehead atoms. The van der Waals surface area contributed by atoms with Gasteiger partial charge in [-0.1, -0.05) is 35.1 Å². The smallest absolute Gasteiger partial charge is 0.252 e. The SMILES string of the molecule is O=C(Nc1nc2c(s1)COc1ccccc1-2)C1CCN(S(=O)(=O)c2ccc(Cl)s2)CC1. The Morgan fingerprint density at radius 3 is 2.68 bits per heavy atom. The molecule has 11 heteroatoms. The molecule has 1 fully saturated rings. The van der Waals surface area contributed by atoms with Gasteiger partial charge in [-0.25, -0.2) is 13.4 Å². The fourth-order valence-electron chi connectivity index (χ4n) is 3.77. The van der Waals surface area contributed by atoms with Gasteiger partial charge in [0.05, 0.1) is 14.9 Å². The molecule has 2 aromatic heterocycles. The number of carbonyl (C=O) groups is 1. The molecular weight excluding hydrogens is 478 g/mol. The summed E-state index contributed by atoms with van der Waals surface area (Å²) in [4.78, 5) is 18.4. The Bertz CT molecular complexity index is 1250. The topological polar surface area (TPSA) is 88.6 Å². The standard InChI is InChI=1S/C20H18ClN3O4S3/c21-16-5-6-17(30-16)31(26,27)24-9-7-12(8-10-24)19(25)23-20-22-18-13-3-1-2-4-14(13)28-11-15(18)29-20/h1-6,12H,7-11H2,(H,22,23,25). The number of thiazole rings is 1. The summed E-state index contributed by atoms with van der Waals surface area (Å²) in [6.45, 7) is 1.03. The van der Waals surface area contributed by atoms with Crippen molar-refractivity contribution in [2.75, 3.05) is 18.4 Å². The lowest BCUT2D eigenvalue weighted by atomic mass is 9.97. The van der Waals surface area contributed by atoms with Gasteiger partial charge >= 0.3 is 0 Å². The molecule has 5 rings (SSSR count). The van der Waals surface area contributed by atoms with E-state index in [0.717, 1.165) is 33.2 Å². The van der Waals surface area contributed by atoms with Crippen molar-refractivity contribution in [1.82, 2.24) is 9.29 Å². The highest BCUT2D eigenvalue weighted by Crippen LogP contribution is 2.41. The van der Waals surface area contributed by atoms with Crippen LogP contribution in [0.1, 0.15) is 17.7 Å². The third-order valence-electron chi connectivity index (χ3n) is 5.40. The summed E-state index contributed by atoms with van der Waals surface area (Å²) in [5.74, 6) is 0.401. The first-order valence-electron chi connectivity index (χ1n) is 9.70. The Morgan fingerprint density at radius 2 is 1.94 bits per heavy atom. The summed E-state index contributed by atoms with van der Waals surface area (Å²) >= 11 is 8.34. The minimum atomic E-state index is -3.57. The highest BCUT2D eigenvalue weighted by molar-refractivity contribution is 7.91. The summed E-state index contributed by atoms with van der Waals surface area (Å²) in [6, 6.07) is 10.8. The van der Waals surface area contributed by atoms with Gasteiger partial charge in [0.1, 0.15) is 16.6 Å². The fraction of sp³-hybridized carbons (Fsp3) is 0.300. The predicted molar refractivity (Wildman–Crippen MR) is 121 cm³/mol. The third-order valence-corrected chi connectivity index (χ3v) is 9.94. The second-order valence-electron chi connectivity index (χ2n) is 7.30. The summed E-state index contributed by atoms with van der Waals surface area (Å²) in [7, 11) is -3.57. The van der Waals surface area contributed by atoms with E-state index in [0.29, 0.717) is 42.0 Å². The minimum Gasteiger partial charge on any atom is -0.487 e. The second kappa shape index (κ2) is 8.18. The molecule has 2 aliphatic rings. The molecule has 1 amide bonds. The van der Waals surface area contributed by atoms with Gasteiger partial charge in [0.2, 0.25) is 5.91 Å². The Kier molecular flexibility index (Phi) is 5.51. The maximum Gasteiger partial charge on any atom is 0.252 e. The van der Waals surface area contributed by atoms with E-state index in [1.165, 1.54) is 21.7 Å². The van der Waals surface area contributed by atoms with Gasteiger partial charge in [0, 0.05) is 24.6 Å². The molecular formula is C20H18ClN3O4S3. The van der Waals surface area contributed by atoms with Crippen molar-refractivity contribution < 1.29 is 17.9 Å². The van der Waals surface area contributed by atoms with E-state index in [1.54, 1.807) is 6.07 Å². The number of carbonyl (C=O) groups excluding carboxylic acids is 1. The number of hydrogen-bond donors (Lipinski definition) is 1. The molecule has 7 nitrogen and oxygen atoms in total. The van der Waals surface area contributed by atoms with E-state index >= 15 is 0 Å². The van der Waals surface area contributed by atoms with Crippen LogP contribution >= 0.6 is 34.3 Å². The first kappa shape index (κ1) is 20.9. The molecule has 31 heavy (non-hydrogen) atoms. The molecule has 0 spiro atoms. The summed E-state index contributed by atoms with van der Waals surface area (Å²) in [5, 5.41) is 3.46. The van der Waals surface area contributed by atoms with Crippen LogP contribution in [0.5, 0.6) is 5.75 Å². The van der Waals surface area contributed by atoms with Crippen LogP contribution in [0, 0.1) is 5.92 Å². The van der Waals surface area contributed by atoms with Gasteiger partial charge in [-0.2, -0.15) is 4.31 Å². The molecule has 0 aliphatic carbocycles. The Balaban J connectivity index is 1.24. The number of anilines is 1. The number of aromatic nitrogens is 1. The second-order valence-corrected chi connectivity index (χ2v) is 12.3. The van der Waals surface area contributed by atoms with Gasteiger partial charge in [-0.15, -0.1) is 11.3 Å². The van der Waals surface area contributed by atoms with Crippen LogP contribution in [-0.2, 0) is 21.4 Å². The zero-order chi connectivity index (χ0) is 21.6. The molecule has 1 N–H and O–H groups in total. The van der Waals surface area contributed by atoms with E-state index in [-0.39, 0.29) is 16.0 Å². The average Bonchev–Trinajstić information content (AvgIpc) is 3.40. The summed E-state index contributed by atoms with van der Waals surface area (Å²) < 4.78 is 33.3. The number of nitrogens with zero attached hydrogens (tertiary/aromatic N) is 2. The van der Waals surface area contributed by atoms with E-state index in [1.807, 2.05) is 24.3 Å². The number of ether oxygens (including phenoxy) is 1. The fourth-order valence-corrected chi connectivity index (χ4v) is 7.77. The minimum absolute atomic E-state index is 0.128. The van der Waals surface area contributed by atoms with Gasteiger partial charge in [0.25, 0.3) is 10.0 Å². The van der Waals surface area contributed by atoms with Crippen molar-refractivity contribution in [3.8, 4) is 17.0 Å². The van der Waals surface area contributed by atoms with E-state index < -0.39 is 10.0 Å². The van der Waals surface area contributed by atoms with Crippen molar-refractivity contribution in [3.05, 3.63) is 45.6 Å². The molecule has 4 heterocycles. The molecule has 0 saturated carbocycles. The quantitative estimate of drug-likeness (QED) is 0.577. The van der Waals surface area contributed by atoms with Crippen molar-refractivity contribution in [2.45, 2.75) is 23.7 Å². The largest absolute Gasteiger partial charge is 0.487 e. The van der Waals surface area contributed by atoms with Crippen LogP contribution in [0.2, 0.25) is 4.34 Å². The lowest BCUT2D eigenvalue weighted by Crippen LogP contribution is -2.41. The van der Waals surface area contributed by atoms with Crippen LogP contribution in [-0.4, -0.2) is 36.7 Å². The molecule has 162 valence electrons. The van der Waals surface area contributed by atoms with Crippen LogP contribution in [0.25, 0.3) is 11.3 Å². The number of para-hydroxylation sites is 1. The van der Waals surface area contributed by atoms with Gasteiger partial charge in [-0.3, -0.25) is 4.79 Å². The molecule has 2 aliphatic heterocycles. The van der Waals surface area contributed by atoms with Gasteiger partial charge in [0.15, 0.2) is 5.13 Å². The summed E-state index contributed by atoms with van der Waals surface area (Å²) in [6.07, 6.45) is 0.919. The number of amides is 1. The first-order valence-corrected chi connectivity index (χ1v) is 13.1. The van der Waals surface area contributed by atoms with E-state index in [4.69, 9.17) is 16.3 Å². The Morgan fingerprint density at radius 1 is 1.16 bits per heavy atom. The van der Waals surface area contributed by atoms with Crippen molar-refractivity contribution in [3.63, 3.8) is 0 Å². The van der Waals surface area contributed by atoms with Crippen molar-refractivity contribution in [2.24, 2.45) is 5.92 Å². The molecule has 1 aromatic carbocycles. The highest BCUT2D eigenvalue weighted by atomic mass is 35.5. The molecule has 1 saturated heterocycles. The van der Waals surface area contributed by atoms with E-state index in [9.17, 15) is 13.2 Å². The normalized spacial score (nSPS) is 16.9. The number of hydrogen-bond acceptors (Lipinski definition) is 7. The van der Waals surface area contributed by atoms with Crippen LogP contribution in [0.4, 0.5) is 5.13 Å². The summed E-state index contributed by atoms with van der Waals surface area (Å²) in [5.41, 5.74) is 1.77. The average molecular weight is 496 g/mol. The zero-order valence-electron chi connectivity index (χ0n) is 16.2. The monoisotopic (exact) mass is 495 g/mol. The lowest BCUT2D eigenvalue weighted by molar-refractivity contribution is -0.120. The maximum atomic E-state index is 12.8. The maximum absolute atomic E-state index is 12.8. The van der Waals surface area contributed by atoms with Crippen molar-refractivity contribution >= 4 is 55.3 Å². The van der Waals surface area contributed by atoms with Crippen LogP contribution < -0.4 is 10.1 Å². The molecule has 0 atom stereocenters. The predicted octanol–water partition coefficient (Wildman–Crippen LogP) is 4.46. The number of sulfonamides is 1. The Hall–Kier alpha value is -1.98. The highest BCUT2D eigenvalue weighted by Gasteiger charge is 2.33. The number of thiophene rings is 1. The van der Waals surface area contributed by atoms with Gasteiger partial charge < -0.3 is 10.1 Å². The Labute approximate surface area is 192 Å². The molecule has 3 aromatic rings.